The zero-order valence-corrected chi connectivity index (χ0v) is 8.51. The second-order valence-electron chi connectivity index (χ2n) is 3.78. The van der Waals surface area contributed by atoms with Gasteiger partial charge in [-0.3, -0.25) is 0 Å². The van der Waals surface area contributed by atoms with Crippen LogP contribution in [0.25, 0.3) is 0 Å². The number of ether oxygens (including phenoxy) is 1. The zero-order valence-electron chi connectivity index (χ0n) is 8.51. The summed E-state index contributed by atoms with van der Waals surface area (Å²) < 4.78 is 5.02. The highest BCUT2D eigenvalue weighted by Gasteiger charge is 2.20. The van der Waals surface area contributed by atoms with Crippen molar-refractivity contribution in [2.45, 2.75) is 39.0 Å². The summed E-state index contributed by atoms with van der Waals surface area (Å²) in [5.74, 6) is 0.736. The Morgan fingerprint density at radius 2 is 2.38 bits per heavy atom. The van der Waals surface area contributed by atoms with E-state index >= 15 is 0 Å². The molecule has 13 heavy (non-hydrogen) atoms. The Morgan fingerprint density at radius 3 is 3.00 bits per heavy atom. The van der Waals surface area contributed by atoms with Crippen LogP contribution in [0.3, 0.4) is 0 Å². The van der Waals surface area contributed by atoms with Gasteiger partial charge in [-0.05, 0) is 37.7 Å². The van der Waals surface area contributed by atoms with Crippen molar-refractivity contribution in [3.8, 4) is 0 Å². The summed E-state index contributed by atoms with van der Waals surface area (Å²) in [6, 6.07) is 0. The van der Waals surface area contributed by atoms with Gasteiger partial charge in [0, 0.05) is 6.42 Å². The highest BCUT2D eigenvalue weighted by Crippen LogP contribution is 2.31. The highest BCUT2D eigenvalue weighted by atomic mass is 16.5. The van der Waals surface area contributed by atoms with Gasteiger partial charge in [0.25, 0.3) is 0 Å². The van der Waals surface area contributed by atoms with E-state index in [4.69, 9.17) is 4.74 Å². The molecule has 0 heterocycles. The molecule has 0 aromatic rings. The Bertz CT molecular complexity index is 206. The molecule has 0 spiro atoms. The van der Waals surface area contributed by atoms with Crippen LogP contribution in [-0.4, -0.2) is 12.9 Å². The van der Waals surface area contributed by atoms with Crippen LogP contribution in [0.5, 0.6) is 0 Å². The number of carbonyl (C=O) groups excluding carboxylic acids is 1. The van der Waals surface area contributed by atoms with Crippen molar-refractivity contribution in [2.75, 3.05) is 7.11 Å². The minimum atomic E-state index is 0.286. The molecular formula is C11H18O2. The molecule has 0 N–H and O–H groups in total. The highest BCUT2D eigenvalue weighted by molar-refractivity contribution is 5.76. The van der Waals surface area contributed by atoms with Crippen molar-refractivity contribution in [1.82, 2.24) is 0 Å². The molecule has 74 valence electrons. The molecule has 1 atom stereocenters. The number of hydrogen-bond donors (Lipinski definition) is 0. The molecule has 0 bridgehead atoms. The minimum Gasteiger partial charge on any atom is -0.504 e. The van der Waals surface area contributed by atoms with Gasteiger partial charge in [-0.2, -0.15) is 0 Å². The molecule has 0 aromatic carbocycles. The molecule has 1 unspecified atom stereocenters. The fourth-order valence-electron chi connectivity index (χ4n) is 2.00. The number of hydrogen-bond acceptors (Lipinski definition) is 2. The topological polar surface area (TPSA) is 26.3 Å². The van der Waals surface area contributed by atoms with Gasteiger partial charge in [0.15, 0.2) is 0 Å². The van der Waals surface area contributed by atoms with Gasteiger partial charge in [0.2, 0.25) is 0 Å². The largest absolute Gasteiger partial charge is 0.504 e. The predicted molar refractivity (Wildman–Crippen MR) is 52.3 cm³/mol. The fourth-order valence-corrected chi connectivity index (χ4v) is 2.00. The van der Waals surface area contributed by atoms with Gasteiger partial charge in [-0.1, -0.05) is 6.42 Å². The van der Waals surface area contributed by atoms with Gasteiger partial charge in [-0.15, -0.1) is 0 Å². The lowest BCUT2D eigenvalue weighted by Gasteiger charge is -2.23. The molecule has 0 aromatic heterocycles. The third kappa shape index (κ3) is 3.21. The zero-order chi connectivity index (χ0) is 9.68. The summed E-state index contributed by atoms with van der Waals surface area (Å²) in [7, 11) is 1.67. The van der Waals surface area contributed by atoms with E-state index in [9.17, 15) is 4.79 Å². The first-order valence-corrected chi connectivity index (χ1v) is 4.95. The Balaban J connectivity index is 2.56. The van der Waals surface area contributed by atoms with Crippen molar-refractivity contribution >= 4 is 5.78 Å². The maximum atomic E-state index is 11.0. The molecule has 1 fully saturated rings. The lowest BCUT2D eigenvalue weighted by atomic mass is 9.82. The maximum absolute atomic E-state index is 11.0. The Hall–Kier alpha value is -0.790. The minimum absolute atomic E-state index is 0.286. The summed E-state index contributed by atoms with van der Waals surface area (Å²) in [5, 5.41) is 0. The van der Waals surface area contributed by atoms with E-state index in [1.165, 1.54) is 18.4 Å². The molecular weight excluding hydrogens is 164 g/mol. The van der Waals surface area contributed by atoms with Crippen LogP contribution in [0.1, 0.15) is 39.0 Å². The summed E-state index contributed by atoms with van der Waals surface area (Å²) >= 11 is 0. The van der Waals surface area contributed by atoms with Crippen molar-refractivity contribution in [3.05, 3.63) is 11.8 Å². The molecule has 0 amide bonds. The third-order valence-electron chi connectivity index (χ3n) is 2.60. The average molecular weight is 182 g/mol. The van der Waals surface area contributed by atoms with E-state index < -0.39 is 0 Å². The van der Waals surface area contributed by atoms with Crippen molar-refractivity contribution in [2.24, 2.45) is 5.92 Å². The summed E-state index contributed by atoms with van der Waals surface area (Å²) in [6.45, 7) is 1.67. The molecule has 2 heteroatoms. The lowest BCUT2D eigenvalue weighted by molar-refractivity contribution is -0.117. The Morgan fingerprint density at radius 1 is 1.62 bits per heavy atom. The first kappa shape index (κ1) is 10.3. The van der Waals surface area contributed by atoms with Crippen molar-refractivity contribution < 1.29 is 9.53 Å². The van der Waals surface area contributed by atoms with Gasteiger partial charge in [-0.25, -0.2) is 0 Å². The Labute approximate surface area is 80.0 Å². The number of methoxy groups -OCH3 is 1. The second kappa shape index (κ2) is 5.05. The number of Topliss-reactive ketones (excluding diaryl/α,β-unsaturated/α-hetero) is 1. The van der Waals surface area contributed by atoms with Gasteiger partial charge >= 0.3 is 0 Å². The van der Waals surface area contributed by atoms with Crippen LogP contribution >= 0.6 is 0 Å². The Kier molecular flexibility index (Phi) is 4.00. The van der Waals surface area contributed by atoms with Crippen LogP contribution in [0.15, 0.2) is 11.8 Å². The summed E-state index contributed by atoms with van der Waals surface area (Å²) in [6.07, 6.45) is 7.26. The molecule has 1 aliphatic carbocycles. The molecule has 0 saturated heterocycles. The summed E-state index contributed by atoms with van der Waals surface area (Å²) in [4.78, 5) is 11.0. The molecule has 2 nitrogen and oxygen atoms in total. The van der Waals surface area contributed by atoms with Gasteiger partial charge in [0.05, 0.1) is 13.4 Å². The quantitative estimate of drug-likeness (QED) is 0.627. The summed E-state index contributed by atoms with van der Waals surface area (Å²) in [5.41, 5.74) is 1.32. The number of allylic oxidation sites excluding steroid dienone is 1. The monoisotopic (exact) mass is 182 g/mol. The molecule has 0 radical (unpaired) electrons. The standard InChI is InChI=1S/C11H18O2/c1-9(12)7-10-5-3-4-6-11(10)8-13-2/h8,10H,3-7H2,1-2H3/b11-8-. The van der Waals surface area contributed by atoms with Crippen molar-refractivity contribution in [3.63, 3.8) is 0 Å². The van der Waals surface area contributed by atoms with E-state index in [1.54, 1.807) is 14.0 Å². The molecule has 1 aliphatic rings. The second-order valence-corrected chi connectivity index (χ2v) is 3.78. The third-order valence-corrected chi connectivity index (χ3v) is 2.60. The average Bonchev–Trinajstić information content (AvgIpc) is 2.08. The van der Waals surface area contributed by atoms with E-state index in [0.717, 1.165) is 12.8 Å². The SMILES string of the molecule is CO/C=C1/CCCCC1CC(C)=O. The predicted octanol–water partition coefficient (Wildman–Crippen LogP) is 2.69. The van der Waals surface area contributed by atoms with Gasteiger partial charge in [0.1, 0.15) is 5.78 Å². The van der Waals surface area contributed by atoms with Crippen LogP contribution in [0.2, 0.25) is 0 Å². The van der Waals surface area contributed by atoms with Gasteiger partial charge < -0.3 is 9.53 Å². The van der Waals surface area contributed by atoms with Crippen LogP contribution < -0.4 is 0 Å². The van der Waals surface area contributed by atoms with Crippen LogP contribution in [0.4, 0.5) is 0 Å². The molecule has 1 saturated carbocycles. The first-order valence-electron chi connectivity index (χ1n) is 4.95. The number of rotatable bonds is 3. The lowest BCUT2D eigenvalue weighted by Crippen LogP contribution is -2.13. The van der Waals surface area contributed by atoms with E-state index in [0.29, 0.717) is 12.3 Å². The number of ketones is 1. The number of carbonyl (C=O) groups is 1. The molecule has 1 rings (SSSR count). The van der Waals surface area contributed by atoms with E-state index in [-0.39, 0.29) is 5.78 Å². The normalized spacial score (nSPS) is 26.0. The van der Waals surface area contributed by atoms with Crippen molar-refractivity contribution in [1.29, 1.82) is 0 Å². The maximum Gasteiger partial charge on any atom is 0.130 e. The van der Waals surface area contributed by atoms with Crippen LogP contribution in [-0.2, 0) is 9.53 Å². The van der Waals surface area contributed by atoms with E-state index in [1.807, 2.05) is 6.26 Å². The first-order chi connectivity index (χ1) is 6.24. The molecule has 0 aliphatic heterocycles. The smallest absolute Gasteiger partial charge is 0.130 e. The van der Waals surface area contributed by atoms with E-state index in [2.05, 4.69) is 0 Å². The van der Waals surface area contributed by atoms with Crippen LogP contribution in [0, 0.1) is 5.92 Å². The fraction of sp³-hybridized carbons (Fsp3) is 0.727.